The second-order valence-corrected chi connectivity index (χ2v) is 6.60. The molecule has 0 aliphatic carbocycles. The van der Waals surface area contributed by atoms with Crippen LogP contribution >= 0.6 is 0 Å². The minimum absolute atomic E-state index is 0.0778. The highest BCUT2D eigenvalue weighted by Gasteiger charge is 2.36. The maximum Gasteiger partial charge on any atom is 0.281 e. The van der Waals surface area contributed by atoms with Crippen molar-refractivity contribution in [3.8, 4) is 0 Å². The summed E-state index contributed by atoms with van der Waals surface area (Å²) in [5.41, 5.74) is 1.83. The average Bonchev–Trinajstić information content (AvgIpc) is 2.92. The van der Waals surface area contributed by atoms with Crippen molar-refractivity contribution in [3.63, 3.8) is 0 Å². The first-order chi connectivity index (χ1) is 9.00. The third-order valence-corrected chi connectivity index (χ3v) is 5.20. The first-order valence-electron chi connectivity index (χ1n) is 6.14. The van der Waals surface area contributed by atoms with Crippen LogP contribution in [-0.4, -0.2) is 24.4 Å². The lowest BCUT2D eigenvalue weighted by molar-refractivity contribution is 0.581. The van der Waals surface area contributed by atoms with Crippen molar-refractivity contribution in [3.05, 3.63) is 41.9 Å². The van der Waals surface area contributed by atoms with Crippen molar-refractivity contribution in [1.29, 1.82) is 0 Å². The van der Waals surface area contributed by atoms with Gasteiger partial charge < -0.3 is 4.98 Å². The molecule has 1 aromatic heterocycles. The zero-order chi connectivity index (χ0) is 13.6. The summed E-state index contributed by atoms with van der Waals surface area (Å²) in [5.74, 6) is 0.596. The van der Waals surface area contributed by atoms with Gasteiger partial charge in [0.15, 0.2) is 5.03 Å². The molecule has 6 heteroatoms. The number of rotatable bonds is 2. The predicted octanol–water partition coefficient (Wildman–Crippen LogP) is 1.86. The van der Waals surface area contributed by atoms with Crippen molar-refractivity contribution < 1.29 is 8.42 Å². The number of para-hydroxylation sites is 1. The van der Waals surface area contributed by atoms with Gasteiger partial charge in [-0.05, 0) is 31.9 Å². The van der Waals surface area contributed by atoms with Crippen molar-refractivity contribution in [2.75, 3.05) is 4.31 Å². The van der Waals surface area contributed by atoms with Crippen LogP contribution in [0, 0.1) is 6.92 Å². The van der Waals surface area contributed by atoms with Crippen molar-refractivity contribution in [2.24, 2.45) is 0 Å². The molecule has 1 N–H and O–H groups in total. The second kappa shape index (κ2) is 4.09. The molecule has 0 spiro atoms. The van der Waals surface area contributed by atoms with Gasteiger partial charge in [0.25, 0.3) is 10.0 Å². The molecule has 100 valence electrons. The van der Waals surface area contributed by atoms with E-state index in [1.807, 2.05) is 31.2 Å². The van der Waals surface area contributed by atoms with Crippen LogP contribution in [0.5, 0.6) is 0 Å². The molecule has 19 heavy (non-hydrogen) atoms. The summed E-state index contributed by atoms with van der Waals surface area (Å²) in [6.07, 6.45) is 2.11. The summed E-state index contributed by atoms with van der Waals surface area (Å²) >= 11 is 0. The average molecular weight is 277 g/mol. The van der Waals surface area contributed by atoms with Crippen LogP contribution in [0.3, 0.4) is 0 Å². The van der Waals surface area contributed by atoms with E-state index in [0.717, 1.165) is 17.7 Å². The fourth-order valence-corrected chi connectivity index (χ4v) is 4.20. The Labute approximate surface area is 112 Å². The van der Waals surface area contributed by atoms with Gasteiger partial charge in [0, 0.05) is 6.04 Å². The van der Waals surface area contributed by atoms with E-state index in [1.54, 1.807) is 6.92 Å². The number of nitrogens with one attached hydrogen (secondary N) is 1. The van der Waals surface area contributed by atoms with Crippen molar-refractivity contribution in [1.82, 2.24) is 9.97 Å². The second-order valence-electron chi connectivity index (χ2n) is 4.82. The Kier molecular flexibility index (Phi) is 2.63. The van der Waals surface area contributed by atoms with Crippen LogP contribution in [-0.2, 0) is 16.4 Å². The molecule has 0 fully saturated rings. The van der Waals surface area contributed by atoms with E-state index in [1.165, 1.54) is 10.5 Å². The largest absolute Gasteiger partial charge is 0.332 e. The van der Waals surface area contributed by atoms with Gasteiger partial charge in [-0.25, -0.2) is 4.98 Å². The van der Waals surface area contributed by atoms with Crippen LogP contribution in [0.15, 0.2) is 35.5 Å². The Morgan fingerprint density at radius 2 is 2.11 bits per heavy atom. The van der Waals surface area contributed by atoms with E-state index in [9.17, 15) is 8.42 Å². The smallest absolute Gasteiger partial charge is 0.281 e. The normalized spacial score (nSPS) is 18.6. The molecule has 1 aliphatic rings. The highest BCUT2D eigenvalue weighted by atomic mass is 32.2. The molecule has 0 saturated heterocycles. The molecule has 0 radical (unpaired) electrons. The number of aryl methyl sites for hydroxylation is 1. The Hall–Kier alpha value is -1.82. The molecule has 1 atom stereocenters. The van der Waals surface area contributed by atoms with Crippen LogP contribution in [0.25, 0.3) is 0 Å². The van der Waals surface area contributed by atoms with Gasteiger partial charge in [0.2, 0.25) is 0 Å². The standard InChI is InChI=1S/C13H15N3O2S/c1-9-7-11-5-3-4-6-12(11)16(9)19(17,18)13-8-14-10(2)15-13/h3-6,8-9H,7H2,1-2H3,(H,14,15). The fourth-order valence-electron chi connectivity index (χ4n) is 2.54. The summed E-state index contributed by atoms with van der Waals surface area (Å²) in [6.45, 7) is 3.65. The number of benzene rings is 1. The minimum atomic E-state index is -3.57. The van der Waals surface area contributed by atoms with Gasteiger partial charge in [0.1, 0.15) is 5.82 Å². The summed E-state index contributed by atoms with van der Waals surface area (Å²) in [5, 5.41) is 0.147. The zero-order valence-electron chi connectivity index (χ0n) is 10.8. The quantitative estimate of drug-likeness (QED) is 0.911. The highest BCUT2D eigenvalue weighted by molar-refractivity contribution is 7.92. The lowest BCUT2D eigenvalue weighted by Gasteiger charge is -2.23. The Morgan fingerprint density at radius 1 is 1.37 bits per heavy atom. The van der Waals surface area contributed by atoms with Gasteiger partial charge in [0.05, 0.1) is 11.9 Å². The molecule has 1 aliphatic heterocycles. The van der Waals surface area contributed by atoms with E-state index < -0.39 is 10.0 Å². The van der Waals surface area contributed by atoms with Gasteiger partial charge in [-0.1, -0.05) is 18.2 Å². The summed E-state index contributed by atoms with van der Waals surface area (Å²) in [6, 6.07) is 7.53. The van der Waals surface area contributed by atoms with Gasteiger partial charge in [-0.15, -0.1) is 0 Å². The molecular weight excluding hydrogens is 262 g/mol. The minimum Gasteiger partial charge on any atom is -0.332 e. The van der Waals surface area contributed by atoms with E-state index in [4.69, 9.17) is 0 Å². The maximum absolute atomic E-state index is 12.7. The third-order valence-electron chi connectivity index (χ3n) is 3.36. The first kappa shape index (κ1) is 12.2. The maximum atomic E-state index is 12.7. The highest BCUT2D eigenvalue weighted by Crippen LogP contribution is 2.35. The molecule has 5 nitrogen and oxygen atoms in total. The molecule has 3 rings (SSSR count). The van der Waals surface area contributed by atoms with Crippen molar-refractivity contribution in [2.45, 2.75) is 31.3 Å². The van der Waals surface area contributed by atoms with Crippen LogP contribution in [0.2, 0.25) is 0 Å². The monoisotopic (exact) mass is 277 g/mol. The number of aromatic amines is 1. The number of hydrogen-bond acceptors (Lipinski definition) is 3. The van der Waals surface area contributed by atoms with E-state index in [-0.39, 0.29) is 11.1 Å². The predicted molar refractivity (Wildman–Crippen MR) is 72.6 cm³/mol. The van der Waals surface area contributed by atoms with E-state index >= 15 is 0 Å². The van der Waals surface area contributed by atoms with Crippen molar-refractivity contribution >= 4 is 15.7 Å². The molecule has 2 heterocycles. The SMILES string of the molecule is Cc1ncc(S(=O)(=O)N2c3ccccc3CC2C)[nH]1. The van der Waals surface area contributed by atoms with Gasteiger partial charge in [-0.3, -0.25) is 4.31 Å². The van der Waals surface area contributed by atoms with Gasteiger partial charge >= 0.3 is 0 Å². The number of hydrogen-bond donors (Lipinski definition) is 1. The Bertz CT molecular complexity index is 721. The number of anilines is 1. The molecule has 1 aromatic carbocycles. The zero-order valence-corrected chi connectivity index (χ0v) is 11.6. The molecule has 0 amide bonds. The summed E-state index contributed by atoms with van der Waals surface area (Å²) in [7, 11) is -3.57. The van der Waals surface area contributed by atoms with Gasteiger partial charge in [-0.2, -0.15) is 8.42 Å². The number of fused-ring (bicyclic) bond motifs is 1. The summed E-state index contributed by atoms with van der Waals surface area (Å²) in [4.78, 5) is 6.78. The Balaban J connectivity index is 2.12. The molecular formula is C13H15N3O2S. The van der Waals surface area contributed by atoms with Crippen LogP contribution in [0.1, 0.15) is 18.3 Å². The lowest BCUT2D eigenvalue weighted by Crippen LogP contribution is -2.35. The van der Waals surface area contributed by atoms with E-state index in [0.29, 0.717) is 5.82 Å². The lowest BCUT2D eigenvalue weighted by atomic mass is 10.1. The molecule has 0 bridgehead atoms. The molecule has 1 unspecified atom stereocenters. The fraction of sp³-hybridized carbons (Fsp3) is 0.308. The number of nitrogens with zero attached hydrogens (tertiary/aromatic N) is 2. The van der Waals surface area contributed by atoms with E-state index in [2.05, 4.69) is 9.97 Å². The summed E-state index contributed by atoms with van der Waals surface area (Å²) < 4.78 is 26.8. The first-order valence-corrected chi connectivity index (χ1v) is 7.58. The Morgan fingerprint density at radius 3 is 2.79 bits per heavy atom. The van der Waals surface area contributed by atoms with Crippen LogP contribution < -0.4 is 4.31 Å². The third kappa shape index (κ3) is 1.83. The van der Waals surface area contributed by atoms with Crippen LogP contribution in [0.4, 0.5) is 5.69 Å². The topological polar surface area (TPSA) is 66.1 Å². The number of sulfonamides is 1. The number of imidazole rings is 1. The molecule has 2 aromatic rings. The number of H-pyrrole nitrogens is 1. The number of aromatic nitrogens is 2. The molecule has 0 saturated carbocycles.